The van der Waals surface area contributed by atoms with Gasteiger partial charge < -0.3 is 14.5 Å². The molecule has 3 aromatic heterocycles. The number of H-pyrrole nitrogens is 1. The zero-order valence-electron chi connectivity index (χ0n) is 20.6. The average molecular weight is 515 g/mol. The highest BCUT2D eigenvalue weighted by Crippen LogP contribution is 2.32. The molecule has 0 aliphatic heterocycles. The normalized spacial score (nSPS) is 12.6. The summed E-state index contributed by atoms with van der Waals surface area (Å²) in [5, 5.41) is 0. The summed E-state index contributed by atoms with van der Waals surface area (Å²) in [5.41, 5.74) is 2.72. The van der Waals surface area contributed by atoms with E-state index in [-0.39, 0.29) is 11.5 Å². The van der Waals surface area contributed by atoms with Gasteiger partial charge in [0.2, 0.25) is 0 Å². The Bertz CT molecular complexity index is 1610. The number of fused-ring (bicyclic) bond motifs is 1. The summed E-state index contributed by atoms with van der Waals surface area (Å²) < 4.78 is 51.5. The Morgan fingerprint density at radius 1 is 1.17 bits per heavy atom. The van der Waals surface area contributed by atoms with Crippen molar-refractivity contribution in [3.8, 4) is 22.8 Å². The predicted octanol–water partition coefficient (Wildman–Crippen LogP) is 3.58. The first kappa shape index (κ1) is 25.4. The molecule has 4 rings (SSSR count). The molecule has 0 radical (unpaired) electrons. The number of nitrogens with one attached hydrogen (secondary N) is 1. The number of sulfone groups is 1. The van der Waals surface area contributed by atoms with Gasteiger partial charge >= 0.3 is 5.69 Å². The fourth-order valence-electron chi connectivity index (χ4n) is 4.19. The maximum atomic E-state index is 14.6. The minimum atomic E-state index is -3.56. The number of hydrogen-bond acceptors (Lipinski definition) is 7. The maximum absolute atomic E-state index is 14.6. The number of aromatic nitrogens is 4. The first-order valence-electron chi connectivity index (χ1n) is 11.3. The van der Waals surface area contributed by atoms with Crippen LogP contribution >= 0.6 is 0 Å². The van der Waals surface area contributed by atoms with Crippen LogP contribution < -0.4 is 15.2 Å². The van der Waals surface area contributed by atoms with Gasteiger partial charge in [-0.1, -0.05) is 11.6 Å². The number of ether oxygens (including phenoxy) is 2. The molecule has 9 nitrogen and oxygen atoms in total. The standard InChI is InChI=1S/C25H27FN4O5S/c1-6-35-24-21(34-4)10-9-19(28-24)20(13-36(5,32)33)30-23-22(29-25(30)31)15(3)17(12-27-23)16-11-14(2)7-8-18(16)26/h7-12,20H,6,13H2,1-5H3,(H,29,31). The van der Waals surface area contributed by atoms with Crippen LogP contribution in [0.5, 0.6) is 11.6 Å². The first-order chi connectivity index (χ1) is 17.0. The molecule has 11 heteroatoms. The molecule has 1 unspecified atom stereocenters. The summed E-state index contributed by atoms with van der Waals surface area (Å²) in [6.07, 6.45) is 2.58. The van der Waals surface area contributed by atoms with Crippen LogP contribution in [0.1, 0.15) is 29.8 Å². The minimum absolute atomic E-state index is 0.185. The summed E-state index contributed by atoms with van der Waals surface area (Å²) in [6.45, 7) is 5.71. The number of imidazole rings is 1. The van der Waals surface area contributed by atoms with E-state index in [2.05, 4.69) is 15.0 Å². The van der Waals surface area contributed by atoms with Gasteiger partial charge in [-0.3, -0.25) is 4.57 Å². The van der Waals surface area contributed by atoms with Crippen molar-refractivity contribution in [2.45, 2.75) is 26.8 Å². The SMILES string of the molecule is CCOc1nc(C(CS(C)(=O)=O)n2c(=O)[nH]c3c(C)c(-c4cc(C)ccc4F)cnc32)ccc1OC. The van der Waals surface area contributed by atoms with Crippen molar-refractivity contribution in [2.24, 2.45) is 0 Å². The van der Waals surface area contributed by atoms with E-state index in [1.807, 2.05) is 6.92 Å². The maximum Gasteiger partial charge on any atom is 0.328 e. The third-order valence-corrected chi connectivity index (χ3v) is 6.79. The van der Waals surface area contributed by atoms with Gasteiger partial charge in [0.05, 0.1) is 36.7 Å². The molecular weight excluding hydrogens is 487 g/mol. The summed E-state index contributed by atoms with van der Waals surface area (Å²) >= 11 is 0. The van der Waals surface area contributed by atoms with Crippen LogP contribution in [-0.4, -0.2) is 53.7 Å². The number of rotatable bonds is 8. The molecule has 0 fully saturated rings. The molecule has 0 saturated heterocycles. The summed E-state index contributed by atoms with van der Waals surface area (Å²) in [4.78, 5) is 24.9. The van der Waals surface area contributed by atoms with E-state index in [4.69, 9.17) is 9.47 Å². The van der Waals surface area contributed by atoms with Crippen LogP contribution in [0.15, 0.2) is 41.3 Å². The predicted molar refractivity (Wildman–Crippen MR) is 135 cm³/mol. The topological polar surface area (TPSA) is 116 Å². The molecule has 36 heavy (non-hydrogen) atoms. The average Bonchev–Trinajstić information content (AvgIpc) is 3.16. The lowest BCUT2D eigenvalue weighted by molar-refractivity contribution is 0.296. The van der Waals surface area contributed by atoms with Gasteiger partial charge in [-0.25, -0.2) is 27.6 Å². The van der Waals surface area contributed by atoms with Crippen molar-refractivity contribution in [1.82, 2.24) is 19.5 Å². The Morgan fingerprint density at radius 2 is 1.92 bits per heavy atom. The van der Waals surface area contributed by atoms with Crippen LogP contribution in [0.25, 0.3) is 22.3 Å². The van der Waals surface area contributed by atoms with E-state index in [0.29, 0.717) is 40.3 Å². The summed E-state index contributed by atoms with van der Waals surface area (Å²) in [6, 6.07) is 6.97. The zero-order valence-corrected chi connectivity index (χ0v) is 21.4. The number of aromatic amines is 1. The van der Waals surface area contributed by atoms with Crippen molar-refractivity contribution < 1.29 is 22.3 Å². The largest absolute Gasteiger partial charge is 0.491 e. The molecule has 1 N–H and O–H groups in total. The number of benzene rings is 1. The third-order valence-electron chi connectivity index (χ3n) is 5.87. The molecule has 0 aliphatic carbocycles. The highest BCUT2D eigenvalue weighted by Gasteiger charge is 2.27. The second-order valence-electron chi connectivity index (χ2n) is 8.56. The lowest BCUT2D eigenvalue weighted by Gasteiger charge is -2.19. The fraction of sp³-hybridized carbons (Fsp3) is 0.320. The van der Waals surface area contributed by atoms with E-state index in [9.17, 15) is 17.6 Å². The van der Waals surface area contributed by atoms with Crippen molar-refractivity contribution in [3.05, 3.63) is 69.7 Å². The molecule has 3 heterocycles. The van der Waals surface area contributed by atoms with Crippen LogP contribution in [0.4, 0.5) is 4.39 Å². The number of pyridine rings is 2. The molecule has 0 amide bonds. The van der Waals surface area contributed by atoms with E-state index < -0.39 is 33.1 Å². The molecule has 0 saturated carbocycles. The van der Waals surface area contributed by atoms with E-state index in [1.165, 1.54) is 23.9 Å². The third kappa shape index (κ3) is 4.83. The molecule has 0 aliphatic rings. The number of nitrogens with zero attached hydrogens (tertiary/aromatic N) is 3. The number of aryl methyl sites for hydroxylation is 2. The van der Waals surface area contributed by atoms with E-state index in [1.54, 1.807) is 38.1 Å². The Morgan fingerprint density at radius 3 is 2.58 bits per heavy atom. The number of hydrogen-bond donors (Lipinski definition) is 1. The molecule has 1 aromatic carbocycles. The highest BCUT2D eigenvalue weighted by molar-refractivity contribution is 7.90. The van der Waals surface area contributed by atoms with Gasteiger partial charge in [0.15, 0.2) is 11.4 Å². The lowest BCUT2D eigenvalue weighted by atomic mass is 10.00. The Hall–Kier alpha value is -3.73. The quantitative estimate of drug-likeness (QED) is 0.382. The van der Waals surface area contributed by atoms with Gasteiger partial charge in [-0.15, -0.1) is 0 Å². The van der Waals surface area contributed by atoms with Crippen LogP contribution in [0, 0.1) is 19.7 Å². The van der Waals surface area contributed by atoms with E-state index >= 15 is 0 Å². The number of methoxy groups -OCH3 is 1. The molecule has 0 spiro atoms. The second-order valence-corrected chi connectivity index (χ2v) is 10.7. The first-order valence-corrected chi connectivity index (χ1v) is 13.3. The minimum Gasteiger partial charge on any atom is -0.491 e. The molecule has 0 bridgehead atoms. The van der Waals surface area contributed by atoms with Crippen LogP contribution in [0.3, 0.4) is 0 Å². The smallest absolute Gasteiger partial charge is 0.328 e. The second kappa shape index (κ2) is 9.73. The monoisotopic (exact) mass is 514 g/mol. The Kier molecular flexibility index (Phi) is 6.85. The Labute approximate surface area is 207 Å². The van der Waals surface area contributed by atoms with Gasteiger partial charge in [0.1, 0.15) is 15.7 Å². The van der Waals surface area contributed by atoms with Crippen molar-refractivity contribution >= 4 is 21.0 Å². The zero-order chi connectivity index (χ0) is 26.2. The van der Waals surface area contributed by atoms with Crippen molar-refractivity contribution in [3.63, 3.8) is 0 Å². The van der Waals surface area contributed by atoms with Gasteiger partial charge in [-0.2, -0.15) is 0 Å². The summed E-state index contributed by atoms with van der Waals surface area (Å²) in [5.74, 6) is -0.249. The lowest BCUT2D eigenvalue weighted by Crippen LogP contribution is -2.29. The highest BCUT2D eigenvalue weighted by atomic mass is 32.2. The van der Waals surface area contributed by atoms with E-state index in [0.717, 1.165) is 11.8 Å². The molecule has 4 aromatic rings. The van der Waals surface area contributed by atoms with Gasteiger partial charge in [0.25, 0.3) is 5.88 Å². The molecular formula is C25H27FN4O5S. The van der Waals surface area contributed by atoms with Gasteiger partial charge in [-0.05, 0) is 50.6 Å². The van der Waals surface area contributed by atoms with Crippen LogP contribution in [-0.2, 0) is 9.84 Å². The van der Waals surface area contributed by atoms with Crippen molar-refractivity contribution in [1.29, 1.82) is 0 Å². The fourth-order valence-corrected chi connectivity index (χ4v) is 5.09. The van der Waals surface area contributed by atoms with Crippen molar-refractivity contribution in [2.75, 3.05) is 25.7 Å². The molecule has 190 valence electrons. The Balaban J connectivity index is 1.94. The summed E-state index contributed by atoms with van der Waals surface area (Å²) in [7, 11) is -2.09. The molecule has 1 atom stereocenters. The van der Waals surface area contributed by atoms with Gasteiger partial charge in [0, 0.05) is 23.6 Å². The number of halogens is 1. The van der Waals surface area contributed by atoms with Crippen LogP contribution in [0.2, 0.25) is 0 Å².